The van der Waals surface area contributed by atoms with Gasteiger partial charge in [-0.1, -0.05) is 39.8 Å². The van der Waals surface area contributed by atoms with Crippen molar-refractivity contribution < 1.29 is 4.74 Å². The monoisotopic (exact) mass is 235 g/mol. The molecule has 0 bridgehead atoms. The molecule has 0 spiro atoms. The maximum Gasteiger partial charge on any atom is 0.124 e. The largest absolute Gasteiger partial charge is 0.494 e. The molecule has 0 aliphatic carbocycles. The average molecular weight is 235 g/mol. The van der Waals surface area contributed by atoms with Gasteiger partial charge in [-0.15, -0.1) is 0 Å². The van der Waals surface area contributed by atoms with Gasteiger partial charge in [-0.3, -0.25) is 0 Å². The Hall–Kier alpha value is -1.02. The molecule has 1 rings (SSSR count). The minimum absolute atomic E-state index is 0.0545. The highest BCUT2D eigenvalue weighted by Crippen LogP contribution is 2.31. The van der Waals surface area contributed by atoms with Crippen LogP contribution in [0, 0.1) is 0 Å². The van der Waals surface area contributed by atoms with E-state index in [1.54, 1.807) is 0 Å². The van der Waals surface area contributed by atoms with E-state index in [2.05, 4.69) is 45.9 Å². The fourth-order valence-electron chi connectivity index (χ4n) is 1.81. The Bertz CT molecular complexity index is 366. The summed E-state index contributed by atoms with van der Waals surface area (Å²) in [4.78, 5) is 0. The van der Waals surface area contributed by atoms with Crippen LogP contribution in [0.15, 0.2) is 18.2 Å². The van der Waals surface area contributed by atoms with Gasteiger partial charge < -0.3 is 10.5 Å². The van der Waals surface area contributed by atoms with Crippen LogP contribution in [0.1, 0.15) is 58.2 Å². The second kappa shape index (κ2) is 5.54. The third-order valence-electron chi connectivity index (χ3n) is 3.01. The number of rotatable bonds is 4. The number of ether oxygens (including phenoxy) is 1. The molecule has 17 heavy (non-hydrogen) atoms. The molecule has 0 amide bonds. The molecule has 0 aliphatic heterocycles. The maximum absolute atomic E-state index is 6.16. The summed E-state index contributed by atoms with van der Waals surface area (Å²) in [5.74, 6) is 0.926. The molecule has 0 saturated heterocycles. The molecule has 1 unspecified atom stereocenters. The molecule has 0 radical (unpaired) electrons. The summed E-state index contributed by atoms with van der Waals surface area (Å²) in [5.41, 5.74) is 8.74. The summed E-state index contributed by atoms with van der Waals surface area (Å²) in [5, 5.41) is 0. The normalized spacial score (nSPS) is 13.5. The van der Waals surface area contributed by atoms with Crippen LogP contribution < -0.4 is 10.5 Å². The van der Waals surface area contributed by atoms with Gasteiger partial charge in [-0.25, -0.2) is 0 Å². The van der Waals surface area contributed by atoms with E-state index in [0.717, 1.165) is 17.7 Å². The Labute approximate surface area is 105 Å². The highest BCUT2D eigenvalue weighted by Gasteiger charge is 2.18. The van der Waals surface area contributed by atoms with Crippen molar-refractivity contribution in [3.63, 3.8) is 0 Å². The summed E-state index contributed by atoms with van der Waals surface area (Å²) < 4.78 is 5.65. The molecular formula is C15H25NO. The van der Waals surface area contributed by atoms with E-state index < -0.39 is 0 Å². The second-order valence-electron chi connectivity index (χ2n) is 5.45. The lowest BCUT2D eigenvalue weighted by molar-refractivity contribution is 0.333. The van der Waals surface area contributed by atoms with Crippen molar-refractivity contribution in [2.75, 3.05) is 6.61 Å². The Morgan fingerprint density at radius 3 is 2.35 bits per heavy atom. The highest BCUT2D eigenvalue weighted by atomic mass is 16.5. The first-order valence-corrected chi connectivity index (χ1v) is 6.43. The van der Waals surface area contributed by atoms with Gasteiger partial charge >= 0.3 is 0 Å². The van der Waals surface area contributed by atoms with E-state index in [0.29, 0.717) is 6.61 Å². The van der Waals surface area contributed by atoms with E-state index in [1.165, 1.54) is 5.56 Å². The molecule has 1 aromatic rings. The van der Waals surface area contributed by atoms with E-state index >= 15 is 0 Å². The quantitative estimate of drug-likeness (QED) is 0.861. The van der Waals surface area contributed by atoms with Gasteiger partial charge in [0.15, 0.2) is 0 Å². The second-order valence-corrected chi connectivity index (χ2v) is 5.45. The predicted octanol–water partition coefficient (Wildman–Crippen LogP) is 3.79. The number of nitrogens with two attached hydrogens (primary N) is 1. The molecule has 1 atom stereocenters. The molecule has 0 aromatic heterocycles. The lowest BCUT2D eigenvalue weighted by Crippen LogP contribution is -2.15. The van der Waals surface area contributed by atoms with Crippen LogP contribution in [0.2, 0.25) is 0 Å². The van der Waals surface area contributed by atoms with Gasteiger partial charge in [0.2, 0.25) is 0 Å². The predicted molar refractivity (Wildman–Crippen MR) is 73.5 cm³/mol. The molecule has 2 N–H and O–H groups in total. The van der Waals surface area contributed by atoms with Crippen molar-refractivity contribution >= 4 is 0 Å². The minimum atomic E-state index is 0.0545. The summed E-state index contributed by atoms with van der Waals surface area (Å²) in [6, 6.07) is 6.43. The van der Waals surface area contributed by atoms with E-state index in [4.69, 9.17) is 10.5 Å². The Morgan fingerprint density at radius 1 is 1.24 bits per heavy atom. The zero-order valence-corrected chi connectivity index (χ0v) is 11.7. The Morgan fingerprint density at radius 2 is 1.88 bits per heavy atom. The number of benzene rings is 1. The molecule has 2 nitrogen and oxygen atoms in total. The standard InChI is InChI=1S/C15H25NO/c1-6-13(16)12-10-11(15(3,4)5)8-9-14(12)17-7-2/h8-10,13H,6-7,16H2,1-5H3. The van der Waals surface area contributed by atoms with Crippen LogP contribution in [0.3, 0.4) is 0 Å². The zero-order chi connectivity index (χ0) is 13.1. The van der Waals surface area contributed by atoms with Gasteiger partial charge in [-0.2, -0.15) is 0 Å². The van der Waals surface area contributed by atoms with Gasteiger partial charge in [0, 0.05) is 11.6 Å². The van der Waals surface area contributed by atoms with Gasteiger partial charge in [0.05, 0.1) is 6.61 Å². The maximum atomic E-state index is 6.16. The Balaban J connectivity index is 3.19. The first kappa shape index (κ1) is 14.0. The molecular weight excluding hydrogens is 210 g/mol. The van der Waals surface area contributed by atoms with Gasteiger partial charge in [0.25, 0.3) is 0 Å². The molecule has 0 fully saturated rings. The lowest BCUT2D eigenvalue weighted by atomic mass is 9.85. The highest BCUT2D eigenvalue weighted by molar-refractivity contribution is 5.41. The van der Waals surface area contributed by atoms with Crippen LogP contribution in [0.5, 0.6) is 5.75 Å². The number of hydrogen-bond acceptors (Lipinski definition) is 2. The zero-order valence-electron chi connectivity index (χ0n) is 11.7. The fraction of sp³-hybridized carbons (Fsp3) is 0.600. The number of hydrogen-bond donors (Lipinski definition) is 1. The van der Waals surface area contributed by atoms with Crippen LogP contribution in [0.25, 0.3) is 0 Å². The first-order valence-electron chi connectivity index (χ1n) is 6.43. The minimum Gasteiger partial charge on any atom is -0.494 e. The smallest absolute Gasteiger partial charge is 0.124 e. The third kappa shape index (κ3) is 3.47. The fourth-order valence-corrected chi connectivity index (χ4v) is 1.81. The van der Waals surface area contributed by atoms with Crippen molar-refractivity contribution in [2.24, 2.45) is 5.73 Å². The molecule has 1 aromatic carbocycles. The summed E-state index contributed by atoms with van der Waals surface area (Å²) in [7, 11) is 0. The summed E-state index contributed by atoms with van der Waals surface area (Å²) in [6.45, 7) is 11.4. The topological polar surface area (TPSA) is 35.2 Å². The van der Waals surface area contributed by atoms with Crippen molar-refractivity contribution in [3.05, 3.63) is 29.3 Å². The van der Waals surface area contributed by atoms with Gasteiger partial charge in [0.1, 0.15) is 5.75 Å². The molecule has 0 saturated carbocycles. The van der Waals surface area contributed by atoms with Crippen LogP contribution >= 0.6 is 0 Å². The van der Waals surface area contributed by atoms with Crippen molar-refractivity contribution in [3.8, 4) is 5.75 Å². The Kier molecular flexibility index (Phi) is 4.58. The van der Waals surface area contributed by atoms with Crippen molar-refractivity contribution in [1.29, 1.82) is 0 Å². The van der Waals surface area contributed by atoms with Crippen molar-refractivity contribution in [1.82, 2.24) is 0 Å². The molecule has 2 heteroatoms. The average Bonchev–Trinajstić information content (AvgIpc) is 2.27. The van der Waals surface area contributed by atoms with Crippen LogP contribution in [0.4, 0.5) is 0 Å². The van der Waals surface area contributed by atoms with Crippen LogP contribution in [-0.4, -0.2) is 6.61 Å². The van der Waals surface area contributed by atoms with Crippen LogP contribution in [-0.2, 0) is 5.41 Å². The molecule has 0 heterocycles. The lowest BCUT2D eigenvalue weighted by Gasteiger charge is -2.23. The van der Waals surface area contributed by atoms with Crippen molar-refractivity contribution in [2.45, 2.75) is 52.5 Å². The van der Waals surface area contributed by atoms with E-state index in [-0.39, 0.29) is 11.5 Å². The summed E-state index contributed by atoms with van der Waals surface area (Å²) >= 11 is 0. The first-order chi connectivity index (χ1) is 7.90. The third-order valence-corrected chi connectivity index (χ3v) is 3.01. The van der Waals surface area contributed by atoms with Gasteiger partial charge in [-0.05, 0) is 30.4 Å². The molecule has 0 aliphatic rings. The van der Waals surface area contributed by atoms with E-state index in [1.807, 2.05) is 6.92 Å². The summed E-state index contributed by atoms with van der Waals surface area (Å²) in [6.07, 6.45) is 0.924. The van der Waals surface area contributed by atoms with E-state index in [9.17, 15) is 0 Å². The molecule has 96 valence electrons. The SMILES string of the molecule is CCOc1ccc(C(C)(C)C)cc1C(N)CC.